The highest BCUT2D eigenvalue weighted by atomic mass is 127. The molecule has 0 aliphatic rings. The fourth-order valence-electron chi connectivity index (χ4n) is 1.65. The first-order valence-electron chi connectivity index (χ1n) is 7.19. The van der Waals surface area contributed by atoms with Gasteiger partial charge in [0.1, 0.15) is 0 Å². The maximum atomic E-state index is 11.8. The van der Waals surface area contributed by atoms with E-state index in [9.17, 15) is 4.79 Å². The second-order valence-electron chi connectivity index (χ2n) is 4.68. The third-order valence-corrected chi connectivity index (χ3v) is 2.89. The van der Waals surface area contributed by atoms with Crippen LogP contribution in [0.3, 0.4) is 0 Å². The van der Waals surface area contributed by atoms with Crippen LogP contribution in [0.25, 0.3) is 0 Å². The summed E-state index contributed by atoms with van der Waals surface area (Å²) in [6, 6.07) is 7.39. The average molecular weight is 416 g/mol. The molecule has 1 rings (SSSR count). The van der Waals surface area contributed by atoms with Gasteiger partial charge in [0.25, 0.3) is 5.91 Å². The number of aliphatic imine (C=N–C) groups is 1. The van der Waals surface area contributed by atoms with Gasteiger partial charge in [-0.1, -0.05) is 31.6 Å². The van der Waals surface area contributed by atoms with E-state index < -0.39 is 0 Å². The summed E-state index contributed by atoms with van der Waals surface area (Å²) in [5.41, 5.74) is 7.35. The van der Waals surface area contributed by atoms with Gasteiger partial charge in [-0.15, -0.1) is 30.6 Å². The van der Waals surface area contributed by atoms with Crippen molar-refractivity contribution in [1.82, 2.24) is 10.6 Å². The Kier molecular flexibility index (Phi) is 11.2. The van der Waals surface area contributed by atoms with Crippen LogP contribution in [-0.2, 0) is 6.54 Å². The van der Waals surface area contributed by atoms with E-state index >= 15 is 0 Å². The molecule has 122 valence electrons. The van der Waals surface area contributed by atoms with Crippen molar-refractivity contribution in [2.24, 2.45) is 10.7 Å². The highest BCUT2D eigenvalue weighted by Crippen LogP contribution is 2.05. The molecule has 0 aliphatic carbocycles. The number of guanidine groups is 1. The number of hydrogen-bond donors (Lipinski definition) is 3. The van der Waals surface area contributed by atoms with Crippen molar-refractivity contribution in [2.45, 2.75) is 26.3 Å². The van der Waals surface area contributed by atoms with Gasteiger partial charge in [-0.25, -0.2) is 4.99 Å². The summed E-state index contributed by atoms with van der Waals surface area (Å²) < 4.78 is 0. The van der Waals surface area contributed by atoms with E-state index in [0.29, 0.717) is 31.2 Å². The van der Waals surface area contributed by atoms with Gasteiger partial charge in [0.05, 0.1) is 6.54 Å². The normalized spacial score (nSPS) is 10.5. The summed E-state index contributed by atoms with van der Waals surface area (Å²) in [7, 11) is 0. The quantitative estimate of drug-likeness (QED) is 0.200. The van der Waals surface area contributed by atoms with Crippen molar-refractivity contribution in [3.8, 4) is 0 Å². The molecular formula is C16H25IN4O. The summed E-state index contributed by atoms with van der Waals surface area (Å²) in [6.07, 6.45) is 3.78. The zero-order valence-corrected chi connectivity index (χ0v) is 15.3. The van der Waals surface area contributed by atoms with E-state index in [2.05, 4.69) is 29.1 Å². The Morgan fingerprint density at radius 1 is 1.32 bits per heavy atom. The van der Waals surface area contributed by atoms with Crippen molar-refractivity contribution < 1.29 is 4.79 Å². The number of hydrogen-bond acceptors (Lipinski definition) is 2. The molecule has 1 aromatic carbocycles. The maximum Gasteiger partial charge on any atom is 0.251 e. The predicted molar refractivity (Wildman–Crippen MR) is 103 cm³/mol. The molecule has 0 fully saturated rings. The number of unbranched alkanes of at least 4 members (excludes halogenated alkanes) is 1. The predicted octanol–water partition coefficient (Wildman–Crippen LogP) is 2.42. The monoisotopic (exact) mass is 416 g/mol. The summed E-state index contributed by atoms with van der Waals surface area (Å²) in [5.74, 6) is 0.349. The smallest absolute Gasteiger partial charge is 0.251 e. The van der Waals surface area contributed by atoms with Gasteiger partial charge in [0.15, 0.2) is 5.96 Å². The second kappa shape index (κ2) is 12.0. The minimum atomic E-state index is -0.0364. The van der Waals surface area contributed by atoms with Gasteiger partial charge < -0.3 is 16.4 Å². The lowest BCUT2D eigenvalue weighted by atomic mass is 10.1. The molecule has 0 saturated carbocycles. The summed E-state index contributed by atoms with van der Waals surface area (Å²) in [5, 5.41) is 5.79. The Morgan fingerprint density at radius 2 is 2.00 bits per heavy atom. The highest BCUT2D eigenvalue weighted by molar-refractivity contribution is 14.0. The lowest BCUT2D eigenvalue weighted by molar-refractivity contribution is 0.0953. The Morgan fingerprint density at radius 3 is 2.59 bits per heavy atom. The van der Waals surface area contributed by atoms with Gasteiger partial charge >= 0.3 is 0 Å². The zero-order valence-electron chi connectivity index (χ0n) is 13.0. The molecule has 1 amide bonds. The first kappa shape index (κ1) is 20.4. The van der Waals surface area contributed by atoms with E-state index in [1.165, 1.54) is 0 Å². The summed E-state index contributed by atoms with van der Waals surface area (Å²) in [6.45, 7) is 7.47. The summed E-state index contributed by atoms with van der Waals surface area (Å²) in [4.78, 5) is 16.0. The molecule has 6 heteroatoms. The topological polar surface area (TPSA) is 79.5 Å². The van der Waals surface area contributed by atoms with Crippen LogP contribution in [0.15, 0.2) is 41.9 Å². The van der Waals surface area contributed by atoms with Crippen LogP contribution in [0.5, 0.6) is 0 Å². The SMILES string of the molecule is C=CCNC(N)=NCc1ccc(C(=O)NCCCC)cc1.I. The van der Waals surface area contributed by atoms with Crippen molar-refractivity contribution in [3.63, 3.8) is 0 Å². The molecule has 0 atom stereocenters. The number of rotatable bonds is 8. The van der Waals surface area contributed by atoms with Gasteiger partial charge in [0.2, 0.25) is 0 Å². The fourth-order valence-corrected chi connectivity index (χ4v) is 1.65. The number of halogens is 1. The molecule has 0 aromatic heterocycles. The van der Waals surface area contributed by atoms with Crippen LogP contribution in [0.4, 0.5) is 0 Å². The van der Waals surface area contributed by atoms with Crippen LogP contribution < -0.4 is 16.4 Å². The van der Waals surface area contributed by atoms with E-state index in [1.54, 1.807) is 18.2 Å². The molecule has 0 bridgehead atoms. The molecule has 5 nitrogen and oxygen atoms in total. The third-order valence-electron chi connectivity index (χ3n) is 2.89. The standard InChI is InChI=1S/C16H24N4O.HI/c1-3-5-11-18-15(21)14-8-6-13(7-9-14)12-20-16(17)19-10-4-2;/h4,6-9H,2-3,5,10-12H2,1H3,(H,18,21)(H3,17,19,20);1H. The lowest BCUT2D eigenvalue weighted by Crippen LogP contribution is -2.31. The van der Waals surface area contributed by atoms with E-state index in [1.807, 2.05) is 12.1 Å². The molecule has 22 heavy (non-hydrogen) atoms. The maximum absolute atomic E-state index is 11.8. The van der Waals surface area contributed by atoms with Crippen molar-refractivity contribution in [1.29, 1.82) is 0 Å². The van der Waals surface area contributed by atoms with Gasteiger partial charge in [-0.3, -0.25) is 4.79 Å². The van der Waals surface area contributed by atoms with Gasteiger partial charge in [-0.05, 0) is 24.1 Å². The number of benzene rings is 1. The minimum absolute atomic E-state index is 0. The molecule has 0 aliphatic heterocycles. The molecule has 0 unspecified atom stereocenters. The highest BCUT2D eigenvalue weighted by Gasteiger charge is 2.04. The third kappa shape index (κ3) is 8.02. The number of nitrogens with zero attached hydrogens (tertiary/aromatic N) is 1. The summed E-state index contributed by atoms with van der Waals surface area (Å²) >= 11 is 0. The Hall–Kier alpha value is -1.57. The number of carbonyl (C=O) groups excluding carboxylic acids is 1. The first-order valence-corrected chi connectivity index (χ1v) is 7.19. The first-order chi connectivity index (χ1) is 10.2. The zero-order chi connectivity index (χ0) is 15.5. The number of nitrogens with two attached hydrogens (primary N) is 1. The largest absolute Gasteiger partial charge is 0.370 e. The van der Waals surface area contributed by atoms with E-state index in [-0.39, 0.29) is 29.9 Å². The molecule has 0 saturated heterocycles. The number of amides is 1. The molecule has 1 aromatic rings. The molecule has 0 spiro atoms. The van der Waals surface area contributed by atoms with Crippen LogP contribution in [0, 0.1) is 0 Å². The molecule has 0 radical (unpaired) electrons. The second-order valence-corrected chi connectivity index (χ2v) is 4.68. The van der Waals surface area contributed by atoms with Crippen LogP contribution in [-0.4, -0.2) is 25.0 Å². The van der Waals surface area contributed by atoms with Crippen molar-refractivity contribution in [2.75, 3.05) is 13.1 Å². The molecule has 4 N–H and O–H groups in total. The Bertz CT molecular complexity index is 485. The van der Waals surface area contributed by atoms with Gasteiger partial charge in [-0.2, -0.15) is 0 Å². The molecule has 0 heterocycles. The lowest BCUT2D eigenvalue weighted by Gasteiger charge is -2.05. The number of carbonyl (C=O) groups is 1. The van der Waals surface area contributed by atoms with E-state index in [0.717, 1.165) is 18.4 Å². The van der Waals surface area contributed by atoms with E-state index in [4.69, 9.17) is 5.73 Å². The fraction of sp³-hybridized carbons (Fsp3) is 0.375. The van der Waals surface area contributed by atoms with Crippen molar-refractivity contribution in [3.05, 3.63) is 48.0 Å². The number of nitrogens with one attached hydrogen (secondary N) is 2. The average Bonchev–Trinajstić information content (AvgIpc) is 2.51. The Labute approximate surface area is 149 Å². The minimum Gasteiger partial charge on any atom is -0.370 e. The van der Waals surface area contributed by atoms with Crippen LogP contribution in [0.1, 0.15) is 35.7 Å². The van der Waals surface area contributed by atoms with Crippen LogP contribution in [0.2, 0.25) is 0 Å². The van der Waals surface area contributed by atoms with Crippen LogP contribution >= 0.6 is 24.0 Å². The van der Waals surface area contributed by atoms with Gasteiger partial charge in [0, 0.05) is 18.7 Å². The van der Waals surface area contributed by atoms with Crippen molar-refractivity contribution >= 4 is 35.8 Å². The Balaban J connectivity index is 0.00000441. The molecular weight excluding hydrogens is 391 g/mol.